The largest absolute Gasteiger partial charge is 0.497 e. The molecule has 0 aromatic heterocycles. The summed E-state index contributed by atoms with van der Waals surface area (Å²) in [5, 5.41) is 0. The van der Waals surface area contributed by atoms with E-state index in [1.54, 1.807) is 18.2 Å². The summed E-state index contributed by atoms with van der Waals surface area (Å²) in [5.41, 5.74) is 0.493. The highest BCUT2D eigenvalue weighted by molar-refractivity contribution is 5.99. The number of esters is 1. The van der Waals surface area contributed by atoms with Gasteiger partial charge in [-0.2, -0.15) is 0 Å². The number of ether oxygens (including phenoxy) is 3. The number of Topliss-reactive ketones (excluding diaryl/α,β-unsaturated/α-hetero) is 1. The van der Waals surface area contributed by atoms with Crippen LogP contribution in [0.5, 0.6) is 11.5 Å². The number of methoxy groups -OCH3 is 2. The summed E-state index contributed by atoms with van der Waals surface area (Å²) in [7, 11) is 3.03. The molecule has 0 spiro atoms. The summed E-state index contributed by atoms with van der Waals surface area (Å²) in [6.07, 6.45) is 2.64. The second-order valence-corrected chi connectivity index (χ2v) is 4.95. The van der Waals surface area contributed by atoms with Crippen molar-refractivity contribution in [2.45, 2.75) is 0 Å². The summed E-state index contributed by atoms with van der Waals surface area (Å²) in [6.45, 7) is -0.542. The minimum atomic E-state index is -0.727. The van der Waals surface area contributed by atoms with E-state index >= 15 is 0 Å². The number of benzene rings is 2. The van der Waals surface area contributed by atoms with Crippen molar-refractivity contribution in [3.8, 4) is 11.5 Å². The summed E-state index contributed by atoms with van der Waals surface area (Å²) in [4.78, 5) is 23.6. The Hall–Kier alpha value is -3.15. The molecule has 0 heterocycles. The molecule has 0 bridgehead atoms. The van der Waals surface area contributed by atoms with Gasteiger partial charge < -0.3 is 14.2 Å². The molecule has 0 N–H and O–H groups in total. The fourth-order valence-corrected chi connectivity index (χ4v) is 2.08. The lowest BCUT2D eigenvalue weighted by Crippen LogP contribution is -2.13. The Kier molecular flexibility index (Phi) is 6.28. The average molecular weight is 344 g/mol. The molecule has 0 amide bonds. The minimum absolute atomic E-state index is 0.117. The maximum absolute atomic E-state index is 13.5. The Morgan fingerprint density at radius 3 is 2.52 bits per heavy atom. The first kappa shape index (κ1) is 18.2. The van der Waals surface area contributed by atoms with Gasteiger partial charge in [-0.05, 0) is 36.4 Å². The molecule has 5 nitrogen and oxygen atoms in total. The molecule has 0 saturated heterocycles. The van der Waals surface area contributed by atoms with Gasteiger partial charge in [-0.15, -0.1) is 0 Å². The number of hydrogen-bond acceptors (Lipinski definition) is 5. The number of halogens is 1. The third-order valence-corrected chi connectivity index (χ3v) is 3.36. The summed E-state index contributed by atoms with van der Waals surface area (Å²) in [5.74, 6) is -0.843. The summed E-state index contributed by atoms with van der Waals surface area (Å²) in [6, 6.07) is 10.6. The SMILES string of the molecule is COc1ccc(OC)c(/C=C/C(=O)OCC(=O)c2ccccc2F)c1. The van der Waals surface area contributed by atoms with Crippen molar-refractivity contribution in [2.75, 3.05) is 20.8 Å². The standard InChI is InChI=1S/C19H17FO5/c1-23-14-8-9-18(24-2)13(11-14)7-10-19(22)25-12-17(21)15-5-3-4-6-16(15)20/h3-11H,12H2,1-2H3/b10-7+. The van der Waals surface area contributed by atoms with Crippen molar-refractivity contribution >= 4 is 17.8 Å². The zero-order chi connectivity index (χ0) is 18.2. The zero-order valence-electron chi connectivity index (χ0n) is 13.8. The van der Waals surface area contributed by atoms with Gasteiger partial charge in [0.05, 0.1) is 19.8 Å². The van der Waals surface area contributed by atoms with E-state index in [2.05, 4.69) is 0 Å². The van der Waals surface area contributed by atoms with Gasteiger partial charge in [-0.1, -0.05) is 12.1 Å². The van der Waals surface area contributed by atoms with Crippen LogP contribution in [0.3, 0.4) is 0 Å². The van der Waals surface area contributed by atoms with Crippen LogP contribution in [-0.2, 0) is 9.53 Å². The number of carbonyl (C=O) groups is 2. The predicted molar refractivity (Wildman–Crippen MR) is 90.3 cm³/mol. The Bertz CT molecular complexity index is 798. The Balaban J connectivity index is 1.99. The number of rotatable bonds is 7. The van der Waals surface area contributed by atoms with Gasteiger partial charge in [0.2, 0.25) is 5.78 Å². The second-order valence-electron chi connectivity index (χ2n) is 4.95. The smallest absolute Gasteiger partial charge is 0.331 e. The molecular formula is C19H17FO5. The molecule has 0 radical (unpaired) electrons. The highest BCUT2D eigenvalue weighted by Crippen LogP contribution is 2.25. The van der Waals surface area contributed by atoms with Crippen molar-refractivity contribution in [3.05, 3.63) is 65.5 Å². The normalized spacial score (nSPS) is 10.5. The molecule has 0 atom stereocenters. The molecule has 130 valence electrons. The Morgan fingerprint density at radius 2 is 1.84 bits per heavy atom. The van der Waals surface area contributed by atoms with Crippen LogP contribution in [0, 0.1) is 5.82 Å². The highest BCUT2D eigenvalue weighted by Gasteiger charge is 2.12. The number of ketones is 1. The van der Waals surface area contributed by atoms with Crippen molar-refractivity contribution in [2.24, 2.45) is 0 Å². The molecule has 2 aromatic rings. The van der Waals surface area contributed by atoms with Crippen LogP contribution >= 0.6 is 0 Å². The first-order valence-corrected chi connectivity index (χ1v) is 7.39. The molecule has 0 unspecified atom stereocenters. The first-order chi connectivity index (χ1) is 12.0. The fourth-order valence-electron chi connectivity index (χ4n) is 2.08. The zero-order valence-corrected chi connectivity index (χ0v) is 13.8. The van der Waals surface area contributed by atoms with E-state index in [1.165, 1.54) is 44.6 Å². The van der Waals surface area contributed by atoms with Crippen LogP contribution in [0.25, 0.3) is 6.08 Å². The van der Waals surface area contributed by atoms with E-state index in [4.69, 9.17) is 14.2 Å². The summed E-state index contributed by atoms with van der Waals surface area (Å²) < 4.78 is 28.6. The molecule has 2 aromatic carbocycles. The monoisotopic (exact) mass is 344 g/mol. The van der Waals surface area contributed by atoms with Gasteiger partial charge in [-0.25, -0.2) is 9.18 Å². The van der Waals surface area contributed by atoms with E-state index in [-0.39, 0.29) is 5.56 Å². The average Bonchev–Trinajstić information content (AvgIpc) is 2.64. The van der Waals surface area contributed by atoms with Gasteiger partial charge in [0.1, 0.15) is 17.3 Å². The van der Waals surface area contributed by atoms with Gasteiger partial charge in [0.25, 0.3) is 0 Å². The van der Waals surface area contributed by atoms with Gasteiger partial charge >= 0.3 is 5.97 Å². The van der Waals surface area contributed by atoms with Crippen LogP contribution in [-0.4, -0.2) is 32.6 Å². The lowest BCUT2D eigenvalue weighted by atomic mass is 10.1. The van der Waals surface area contributed by atoms with Crippen molar-refractivity contribution in [1.29, 1.82) is 0 Å². The molecule has 0 saturated carbocycles. The van der Waals surface area contributed by atoms with Crippen LogP contribution in [0.15, 0.2) is 48.5 Å². The van der Waals surface area contributed by atoms with Gasteiger partial charge in [0.15, 0.2) is 6.61 Å². The maximum Gasteiger partial charge on any atom is 0.331 e. The lowest BCUT2D eigenvalue weighted by Gasteiger charge is -2.07. The van der Waals surface area contributed by atoms with E-state index in [9.17, 15) is 14.0 Å². The molecule has 2 rings (SSSR count). The van der Waals surface area contributed by atoms with E-state index in [0.29, 0.717) is 17.1 Å². The lowest BCUT2D eigenvalue weighted by molar-refractivity contribution is -0.136. The number of carbonyl (C=O) groups excluding carboxylic acids is 2. The molecular weight excluding hydrogens is 327 g/mol. The van der Waals surface area contributed by atoms with E-state index < -0.39 is 24.2 Å². The summed E-state index contributed by atoms with van der Waals surface area (Å²) >= 11 is 0. The Labute approximate surface area is 144 Å². The van der Waals surface area contributed by atoms with Crippen LogP contribution < -0.4 is 9.47 Å². The molecule has 6 heteroatoms. The minimum Gasteiger partial charge on any atom is -0.497 e. The highest BCUT2D eigenvalue weighted by atomic mass is 19.1. The van der Waals surface area contributed by atoms with Crippen molar-refractivity contribution in [1.82, 2.24) is 0 Å². The first-order valence-electron chi connectivity index (χ1n) is 7.39. The van der Waals surface area contributed by atoms with Gasteiger partial charge in [-0.3, -0.25) is 4.79 Å². The molecule has 0 fully saturated rings. The predicted octanol–water partition coefficient (Wildman–Crippen LogP) is 3.28. The van der Waals surface area contributed by atoms with Crippen molar-refractivity contribution < 1.29 is 28.2 Å². The number of hydrogen-bond donors (Lipinski definition) is 0. The Morgan fingerprint density at radius 1 is 1.08 bits per heavy atom. The maximum atomic E-state index is 13.5. The molecule has 0 aliphatic rings. The fraction of sp³-hybridized carbons (Fsp3) is 0.158. The molecule has 25 heavy (non-hydrogen) atoms. The van der Waals surface area contributed by atoms with E-state index in [1.807, 2.05) is 0 Å². The third kappa shape index (κ3) is 4.91. The molecule has 0 aliphatic carbocycles. The quantitative estimate of drug-likeness (QED) is 0.438. The van der Waals surface area contributed by atoms with Crippen LogP contribution in [0.1, 0.15) is 15.9 Å². The van der Waals surface area contributed by atoms with Gasteiger partial charge in [0, 0.05) is 11.6 Å². The third-order valence-electron chi connectivity index (χ3n) is 3.36. The van der Waals surface area contributed by atoms with Crippen molar-refractivity contribution in [3.63, 3.8) is 0 Å². The van der Waals surface area contributed by atoms with Crippen LogP contribution in [0.4, 0.5) is 4.39 Å². The van der Waals surface area contributed by atoms with Crippen LogP contribution in [0.2, 0.25) is 0 Å². The van der Waals surface area contributed by atoms with E-state index in [0.717, 1.165) is 6.08 Å². The topological polar surface area (TPSA) is 61.8 Å². The molecule has 0 aliphatic heterocycles. The second kappa shape index (κ2) is 8.63.